The van der Waals surface area contributed by atoms with E-state index >= 15 is 0 Å². The van der Waals surface area contributed by atoms with Crippen LogP contribution in [0.4, 0.5) is 0 Å². The normalized spacial score (nSPS) is 19.1. The summed E-state index contributed by atoms with van der Waals surface area (Å²) in [7, 11) is 0. The van der Waals surface area contributed by atoms with Gasteiger partial charge in [0.2, 0.25) is 0 Å². The molecular formula is C25H28Cl2O3. The van der Waals surface area contributed by atoms with Crippen LogP contribution in [0.3, 0.4) is 0 Å². The number of carbonyl (C=O) groups is 1. The van der Waals surface area contributed by atoms with E-state index in [1.807, 2.05) is 60.7 Å². The lowest BCUT2D eigenvalue weighted by Gasteiger charge is -2.16. The van der Waals surface area contributed by atoms with Gasteiger partial charge in [-0.1, -0.05) is 80.2 Å². The topological polar surface area (TPSA) is 35.5 Å². The van der Waals surface area contributed by atoms with Gasteiger partial charge in [-0.3, -0.25) is 4.79 Å². The zero-order valence-corrected chi connectivity index (χ0v) is 19.0. The molecule has 160 valence electrons. The highest BCUT2D eigenvalue weighted by atomic mass is 35.5. The van der Waals surface area contributed by atoms with Crippen molar-refractivity contribution < 1.29 is 14.3 Å². The summed E-state index contributed by atoms with van der Waals surface area (Å²) in [6.07, 6.45) is 5.75. The molecule has 1 saturated carbocycles. The average molecular weight is 447 g/mol. The van der Waals surface area contributed by atoms with E-state index in [0.29, 0.717) is 5.75 Å². The van der Waals surface area contributed by atoms with Crippen molar-refractivity contribution in [3.8, 4) is 11.5 Å². The van der Waals surface area contributed by atoms with Crippen LogP contribution in [0.25, 0.3) is 0 Å². The third-order valence-corrected chi connectivity index (χ3v) is 6.03. The fourth-order valence-electron chi connectivity index (χ4n) is 4.57. The smallest absolute Gasteiger partial charge is 0.310 e. The van der Waals surface area contributed by atoms with Crippen molar-refractivity contribution in [2.45, 2.75) is 46.1 Å². The van der Waals surface area contributed by atoms with Crippen LogP contribution in [0.15, 0.2) is 65.2 Å². The Kier molecular flexibility index (Phi) is 7.85. The van der Waals surface area contributed by atoms with E-state index < -0.39 is 0 Å². The molecule has 0 aromatic heterocycles. The molecule has 30 heavy (non-hydrogen) atoms. The van der Waals surface area contributed by atoms with E-state index in [-0.39, 0.29) is 34.3 Å². The maximum atomic E-state index is 12.9. The number of rotatable bonds is 10. The van der Waals surface area contributed by atoms with Gasteiger partial charge < -0.3 is 9.47 Å². The summed E-state index contributed by atoms with van der Waals surface area (Å²) >= 11 is 11.9. The van der Waals surface area contributed by atoms with Crippen LogP contribution in [0.2, 0.25) is 0 Å². The van der Waals surface area contributed by atoms with Crippen molar-refractivity contribution >= 4 is 29.2 Å². The van der Waals surface area contributed by atoms with Gasteiger partial charge in [0.05, 0.1) is 5.92 Å². The first-order valence-electron chi connectivity index (χ1n) is 10.5. The highest BCUT2D eigenvalue weighted by Crippen LogP contribution is 2.66. The number of ether oxygens (including phenoxy) is 2. The Morgan fingerprint density at radius 1 is 1.00 bits per heavy atom. The molecule has 1 fully saturated rings. The molecule has 1 aliphatic rings. The molecule has 0 aliphatic heterocycles. The van der Waals surface area contributed by atoms with Crippen LogP contribution in [0.1, 0.15) is 45.1 Å². The molecule has 3 nitrogen and oxygen atoms in total. The van der Waals surface area contributed by atoms with Crippen molar-refractivity contribution in [3.05, 3.63) is 70.7 Å². The second-order valence-electron chi connectivity index (χ2n) is 7.86. The van der Waals surface area contributed by atoms with Gasteiger partial charge in [0.1, 0.15) is 22.6 Å². The number of hydrogen-bond acceptors (Lipinski definition) is 3. The van der Waals surface area contributed by atoms with Gasteiger partial charge in [0.15, 0.2) is 0 Å². The number of esters is 1. The minimum Gasteiger partial charge on any atom is -0.461 e. The monoisotopic (exact) mass is 446 g/mol. The first-order chi connectivity index (χ1) is 14.5. The summed E-state index contributed by atoms with van der Waals surface area (Å²) in [6.45, 7) is 4.49. The lowest BCUT2D eigenvalue weighted by atomic mass is 9.90. The molecule has 5 heteroatoms. The predicted octanol–water partition coefficient (Wildman–Crippen LogP) is 7.67. The molecule has 0 bridgehead atoms. The number of benzene rings is 2. The van der Waals surface area contributed by atoms with Crippen LogP contribution in [0, 0.1) is 17.3 Å². The molecule has 3 rings (SSSR count). The van der Waals surface area contributed by atoms with Crippen molar-refractivity contribution in [1.82, 2.24) is 0 Å². The molecule has 0 amide bonds. The van der Waals surface area contributed by atoms with E-state index in [1.165, 1.54) is 0 Å². The summed E-state index contributed by atoms with van der Waals surface area (Å²) in [6, 6.07) is 17.2. The quantitative estimate of drug-likeness (QED) is 0.351. The molecule has 2 atom stereocenters. The molecule has 0 spiro atoms. The molecule has 0 N–H and O–H groups in total. The molecule has 1 aliphatic carbocycles. The second kappa shape index (κ2) is 10.4. The maximum absolute atomic E-state index is 12.9. The standard InChI is InChI=1S/C25H28Cl2O3/c1-3-13-25(14-4-2)21(16-22(26)27)23(25)24(28)29-17-18-9-8-12-20(15-18)30-19-10-6-5-7-11-19/h5-12,15-16,21,23H,3-4,13-14,17H2,1-2H3. The Labute approximate surface area is 189 Å². The van der Waals surface area contributed by atoms with Crippen molar-refractivity contribution in [2.75, 3.05) is 0 Å². The van der Waals surface area contributed by atoms with Crippen LogP contribution in [-0.2, 0) is 16.1 Å². The van der Waals surface area contributed by atoms with E-state index in [1.54, 1.807) is 0 Å². The van der Waals surface area contributed by atoms with Gasteiger partial charge in [-0.2, -0.15) is 0 Å². The molecule has 0 heterocycles. The van der Waals surface area contributed by atoms with Crippen molar-refractivity contribution in [3.63, 3.8) is 0 Å². The number of allylic oxidation sites excluding steroid dienone is 1. The number of para-hydroxylation sites is 1. The Morgan fingerprint density at radius 2 is 1.67 bits per heavy atom. The van der Waals surface area contributed by atoms with E-state index in [2.05, 4.69) is 13.8 Å². The summed E-state index contributed by atoms with van der Waals surface area (Å²) in [4.78, 5) is 12.9. The fraction of sp³-hybridized carbons (Fsp3) is 0.400. The van der Waals surface area contributed by atoms with Crippen LogP contribution in [0.5, 0.6) is 11.5 Å². The van der Waals surface area contributed by atoms with Gasteiger partial charge in [-0.15, -0.1) is 0 Å². The molecule has 2 aromatic carbocycles. The Bertz CT molecular complexity index is 869. The highest BCUT2D eigenvalue weighted by Gasteiger charge is 2.66. The largest absolute Gasteiger partial charge is 0.461 e. The summed E-state index contributed by atoms with van der Waals surface area (Å²) in [5.74, 6) is 1.15. The molecule has 0 saturated heterocycles. The zero-order chi connectivity index (χ0) is 21.6. The summed E-state index contributed by atoms with van der Waals surface area (Å²) < 4.78 is 11.8. The Hall–Kier alpha value is -1.97. The summed E-state index contributed by atoms with van der Waals surface area (Å²) in [5, 5.41) is 0. The van der Waals surface area contributed by atoms with E-state index in [0.717, 1.165) is 37.0 Å². The molecular weight excluding hydrogens is 419 g/mol. The van der Waals surface area contributed by atoms with Crippen LogP contribution in [-0.4, -0.2) is 5.97 Å². The first kappa shape index (κ1) is 22.7. The lowest BCUT2D eigenvalue weighted by molar-refractivity contribution is -0.147. The number of halogens is 2. The van der Waals surface area contributed by atoms with Gasteiger partial charge in [-0.25, -0.2) is 0 Å². The van der Waals surface area contributed by atoms with E-state index in [4.69, 9.17) is 32.7 Å². The predicted molar refractivity (Wildman–Crippen MR) is 122 cm³/mol. The lowest BCUT2D eigenvalue weighted by Crippen LogP contribution is -2.14. The average Bonchev–Trinajstić information content (AvgIpc) is 3.32. The van der Waals surface area contributed by atoms with Gasteiger partial charge in [0, 0.05) is 0 Å². The highest BCUT2D eigenvalue weighted by molar-refractivity contribution is 6.55. The maximum Gasteiger partial charge on any atom is 0.310 e. The molecule has 2 aromatic rings. The fourth-order valence-corrected chi connectivity index (χ4v) is 4.84. The summed E-state index contributed by atoms with van der Waals surface area (Å²) in [5.41, 5.74) is 0.796. The first-order valence-corrected chi connectivity index (χ1v) is 11.3. The third-order valence-electron chi connectivity index (χ3n) is 5.78. The van der Waals surface area contributed by atoms with Gasteiger partial charge in [-0.05, 0) is 60.1 Å². The van der Waals surface area contributed by atoms with Crippen LogP contribution < -0.4 is 4.74 Å². The molecule has 0 radical (unpaired) electrons. The van der Waals surface area contributed by atoms with Gasteiger partial charge >= 0.3 is 5.97 Å². The van der Waals surface area contributed by atoms with Crippen LogP contribution >= 0.6 is 23.2 Å². The van der Waals surface area contributed by atoms with Crippen molar-refractivity contribution in [2.24, 2.45) is 17.3 Å². The van der Waals surface area contributed by atoms with Crippen molar-refractivity contribution in [1.29, 1.82) is 0 Å². The zero-order valence-electron chi connectivity index (χ0n) is 17.4. The Balaban J connectivity index is 1.66. The van der Waals surface area contributed by atoms with Gasteiger partial charge in [0.25, 0.3) is 0 Å². The number of carbonyl (C=O) groups excluding carboxylic acids is 1. The Morgan fingerprint density at radius 3 is 2.30 bits per heavy atom. The van der Waals surface area contributed by atoms with E-state index in [9.17, 15) is 4.79 Å². The minimum absolute atomic E-state index is 0.0441. The SMILES string of the molecule is CCCC1(CCC)C(C=C(Cl)Cl)C1C(=O)OCc1cccc(Oc2ccccc2)c1. The second-order valence-corrected chi connectivity index (χ2v) is 8.87. The molecule has 2 unspecified atom stereocenters. The number of hydrogen-bond donors (Lipinski definition) is 0. The third kappa shape index (κ3) is 5.39. The minimum atomic E-state index is -0.186.